The molecule has 3 heteroatoms. The Balaban J connectivity index is 1.61. The van der Waals surface area contributed by atoms with Gasteiger partial charge in [0.05, 0.1) is 0 Å². The fraction of sp³-hybridized carbons (Fsp3) is 1.00. The van der Waals surface area contributed by atoms with Gasteiger partial charge >= 0.3 is 0 Å². The van der Waals surface area contributed by atoms with Crippen LogP contribution in [0.2, 0.25) is 0 Å². The second-order valence-corrected chi connectivity index (χ2v) is 8.15. The summed E-state index contributed by atoms with van der Waals surface area (Å²) in [6.45, 7) is 8.86. The summed E-state index contributed by atoms with van der Waals surface area (Å²) in [4.78, 5) is 5.32. The molecule has 0 aromatic rings. The van der Waals surface area contributed by atoms with Gasteiger partial charge in [-0.2, -0.15) is 0 Å². The zero-order valence-electron chi connectivity index (χ0n) is 14.2. The highest BCUT2D eigenvalue weighted by molar-refractivity contribution is 4.93. The van der Waals surface area contributed by atoms with Crippen LogP contribution in [0, 0.1) is 5.41 Å². The Morgan fingerprint density at radius 3 is 2.52 bits per heavy atom. The molecule has 1 saturated heterocycles. The highest BCUT2D eigenvalue weighted by Gasteiger charge is 2.36. The Morgan fingerprint density at radius 2 is 1.81 bits per heavy atom. The predicted octanol–water partition coefficient (Wildman–Crippen LogP) is 2.71. The maximum atomic E-state index is 3.86. The Hall–Kier alpha value is -0.120. The molecule has 1 heterocycles. The van der Waals surface area contributed by atoms with E-state index in [2.05, 4.69) is 29.1 Å². The van der Waals surface area contributed by atoms with E-state index in [0.717, 1.165) is 12.1 Å². The van der Waals surface area contributed by atoms with Crippen LogP contribution >= 0.6 is 0 Å². The summed E-state index contributed by atoms with van der Waals surface area (Å²) in [7, 11) is 2.28. The van der Waals surface area contributed by atoms with Crippen molar-refractivity contribution in [1.82, 2.24) is 15.1 Å². The second-order valence-electron chi connectivity index (χ2n) is 8.15. The molecular formula is C18H35N3. The summed E-state index contributed by atoms with van der Waals surface area (Å²) in [6.07, 6.45) is 11.4. The third-order valence-corrected chi connectivity index (χ3v) is 5.98. The van der Waals surface area contributed by atoms with Gasteiger partial charge in [0.25, 0.3) is 0 Å². The van der Waals surface area contributed by atoms with Crippen molar-refractivity contribution in [3.63, 3.8) is 0 Å². The molecular weight excluding hydrogens is 258 g/mol. The average Bonchev–Trinajstić information content (AvgIpc) is 3.29. The minimum Gasteiger partial charge on any atom is -0.313 e. The topological polar surface area (TPSA) is 18.5 Å². The number of nitrogens with zero attached hydrogens (tertiary/aromatic N) is 2. The summed E-state index contributed by atoms with van der Waals surface area (Å²) in [5.74, 6) is 0. The van der Waals surface area contributed by atoms with Crippen molar-refractivity contribution in [2.45, 2.75) is 70.4 Å². The maximum absolute atomic E-state index is 3.86. The molecule has 2 saturated carbocycles. The van der Waals surface area contributed by atoms with E-state index in [1.54, 1.807) is 0 Å². The summed E-state index contributed by atoms with van der Waals surface area (Å²) < 4.78 is 0. The molecule has 0 spiro atoms. The highest BCUT2D eigenvalue weighted by Crippen LogP contribution is 2.38. The molecule has 1 unspecified atom stereocenters. The van der Waals surface area contributed by atoms with Crippen molar-refractivity contribution in [1.29, 1.82) is 0 Å². The van der Waals surface area contributed by atoms with E-state index in [4.69, 9.17) is 0 Å². The molecule has 0 radical (unpaired) electrons. The Kier molecular flexibility index (Phi) is 5.23. The summed E-state index contributed by atoms with van der Waals surface area (Å²) >= 11 is 0. The lowest BCUT2D eigenvalue weighted by Crippen LogP contribution is -2.49. The van der Waals surface area contributed by atoms with Gasteiger partial charge in [-0.25, -0.2) is 0 Å². The smallest absolute Gasteiger partial charge is 0.0195 e. The number of likely N-dealkylation sites (N-methyl/N-ethyl adjacent to an activating group) is 1. The highest BCUT2D eigenvalue weighted by atomic mass is 15.2. The SMILES string of the molecule is CC1CN(C)CCCN1CC1(CNC2CC2)CCCCC1. The third kappa shape index (κ3) is 4.43. The minimum atomic E-state index is 0.567. The quantitative estimate of drug-likeness (QED) is 0.841. The maximum Gasteiger partial charge on any atom is 0.0195 e. The molecule has 122 valence electrons. The van der Waals surface area contributed by atoms with Crippen LogP contribution in [-0.4, -0.2) is 61.7 Å². The molecule has 2 aliphatic carbocycles. The van der Waals surface area contributed by atoms with Crippen LogP contribution in [0.5, 0.6) is 0 Å². The van der Waals surface area contributed by atoms with E-state index in [1.807, 2.05) is 0 Å². The third-order valence-electron chi connectivity index (χ3n) is 5.98. The van der Waals surface area contributed by atoms with Crippen LogP contribution in [-0.2, 0) is 0 Å². The molecule has 21 heavy (non-hydrogen) atoms. The second kappa shape index (κ2) is 6.97. The first-order valence-corrected chi connectivity index (χ1v) is 9.33. The minimum absolute atomic E-state index is 0.567. The normalized spacial score (nSPS) is 32.0. The van der Waals surface area contributed by atoms with Crippen molar-refractivity contribution in [2.24, 2.45) is 5.41 Å². The van der Waals surface area contributed by atoms with Gasteiger partial charge in [0, 0.05) is 31.7 Å². The first kappa shape index (κ1) is 15.8. The molecule has 3 aliphatic rings. The molecule has 1 N–H and O–H groups in total. The Morgan fingerprint density at radius 1 is 1.05 bits per heavy atom. The van der Waals surface area contributed by atoms with Crippen LogP contribution in [0.25, 0.3) is 0 Å². The van der Waals surface area contributed by atoms with Gasteiger partial charge in [-0.15, -0.1) is 0 Å². The summed E-state index contributed by atoms with van der Waals surface area (Å²) in [5, 5.41) is 3.86. The fourth-order valence-electron chi connectivity index (χ4n) is 4.43. The van der Waals surface area contributed by atoms with Crippen molar-refractivity contribution in [3.05, 3.63) is 0 Å². The van der Waals surface area contributed by atoms with E-state index < -0.39 is 0 Å². The zero-order chi connectivity index (χ0) is 14.7. The zero-order valence-corrected chi connectivity index (χ0v) is 14.2. The summed E-state index contributed by atoms with van der Waals surface area (Å²) in [5.41, 5.74) is 0.567. The molecule has 3 rings (SSSR count). The van der Waals surface area contributed by atoms with Crippen LogP contribution in [0.1, 0.15) is 58.3 Å². The lowest BCUT2D eigenvalue weighted by atomic mass is 9.73. The molecule has 0 aromatic heterocycles. The van der Waals surface area contributed by atoms with Crippen LogP contribution in [0.15, 0.2) is 0 Å². The van der Waals surface area contributed by atoms with E-state index in [9.17, 15) is 0 Å². The Bertz CT molecular complexity index is 320. The number of hydrogen-bond acceptors (Lipinski definition) is 3. The van der Waals surface area contributed by atoms with E-state index in [1.165, 1.54) is 84.1 Å². The molecule has 1 atom stereocenters. The van der Waals surface area contributed by atoms with Crippen molar-refractivity contribution in [2.75, 3.05) is 39.8 Å². The van der Waals surface area contributed by atoms with Gasteiger partial charge in [-0.05, 0) is 64.6 Å². The first-order chi connectivity index (χ1) is 10.2. The van der Waals surface area contributed by atoms with Crippen LogP contribution in [0.4, 0.5) is 0 Å². The van der Waals surface area contributed by atoms with Gasteiger partial charge in [0.2, 0.25) is 0 Å². The standard InChI is InChI=1S/C18H35N3/c1-16-13-20(2)11-6-12-21(16)15-18(9-4-3-5-10-18)14-19-17-7-8-17/h16-17,19H,3-15H2,1-2H3. The number of nitrogens with one attached hydrogen (secondary N) is 1. The predicted molar refractivity (Wildman–Crippen MR) is 89.7 cm³/mol. The lowest BCUT2D eigenvalue weighted by Gasteiger charge is -2.43. The average molecular weight is 293 g/mol. The van der Waals surface area contributed by atoms with Gasteiger partial charge in [-0.3, -0.25) is 4.90 Å². The van der Waals surface area contributed by atoms with Crippen molar-refractivity contribution >= 4 is 0 Å². The molecule has 1 aliphatic heterocycles. The van der Waals surface area contributed by atoms with Crippen LogP contribution in [0.3, 0.4) is 0 Å². The van der Waals surface area contributed by atoms with E-state index >= 15 is 0 Å². The lowest BCUT2D eigenvalue weighted by molar-refractivity contribution is 0.0796. The fourth-order valence-corrected chi connectivity index (χ4v) is 4.43. The molecule has 0 bridgehead atoms. The van der Waals surface area contributed by atoms with Crippen LogP contribution < -0.4 is 5.32 Å². The van der Waals surface area contributed by atoms with Crippen molar-refractivity contribution in [3.8, 4) is 0 Å². The number of rotatable bonds is 5. The van der Waals surface area contributed by atoms with Gasteiger partial charge in [0.15, 0.2) is 0 Å². The first-order valence-electron chi connectivity index (χ1n) is 9.33. The van der Waals surface area contributed by atoms with Gasteiger partial charge in [-0.1, -0.05) is 19.3 Å². The molecule has 0 amide bonds. The van der Waals surface area contributed by atoms with Gasteiger partial charge < -0.3 is 10.2 Å². The number of hydrogen-bond donors (Lipinski definition) is 1. The largest absolute Gasteiger partial charge is 0.313 e. The molecule has 3 fully saturated rings. The summed E-state index contributed by atoms with van der Waals surface area (Å²) in [6, 6.07) is 1.58. The van der Waals surface area contributed by atoms with E-state index in [-0.39, 0.29) is 0 Å². The monoisotopic (exact) mass is 293 g/mol. The van der Waals surface area contributed by atoms with E-state index in [0.29, 0.717) is 5.41 Å². The van der Waals surface area contributed by atoms with Gasteiger partial charge in [0.1, 0.15) is 0 Å². The Labute approximate surface area is 131 Å². The van der Waals surface area contributed by atoms with Crippen molar-refractivity contribution < 1.29 is 0 Å². The molecule has 0 aromatic carbocycles. The molecule has 3 nitrogen and oxygen atoms in total.